The van der Waals surface area contributed by atoms with Gasteiger partial charge in [0.25, 0.3) is 0 Å². The van der Waals surface area contributed by atoms with Gasteiger partial charge < -0.3 is 14.2 Å². The van der Waals surface area contributed by atoms with Crippen LogP contribution in [0.15, 0.2) is 48.6 Å². The van der Waals surface area contributed by atoms with Crippen molar-refractivity contribution < 1.29 is 28.6 Å². The first-order chi connectivity index (χ1) is 28.5. The van der Waals surface area contributed by atoms with Crippen molar-refractivity contribution in [1.82, 2.24) is 0 Å². The standard InChI is InChI=1S/C52H92O6/c1-4-7-10-13-15-17-19-20-21-22-23-24-25-26-27-28-29-30-31-32-33-35-36-39-42-45-51(54)57-48-49(47-56-50(53)44-41-38-12-9-6-3)58-52(55)46-43-40-37-34-18-16-14-11-8-5-2/h7,10,15,17,20-21,23-24,49H,4-6,8-9,11-14,16,18-19,22,25-48H2,1-3H3/b10-7-,17-15-,21-20-,24-23-. The van der Waals surface area contributed by atoms with Gasteiger partial charge in [0.15, 0.2) is 6.10 Å². The Hall–Kier alpha value is -2.63. The monoisotopic (exact) mass is 813 g/mol. The third-order valence-corrected chi connectivity index (χ3v) is 10.6. The highest BCUT2D eigenvalue weighted by Crippen LogP contribution is 2.15. The van der Waals surface area contributed by atoms with E-state index in [1.165, 1.54) is 116 Å². The highest BCUT2D eigenvalue weighted by molar-refractivity contribution is 5.71. The Morgan fingerprint density at radius 2 is 0.672 bits per heavy atom. The van der Waals surface area contributed by atoms with Crippen molar-refractivity contribution in [1.29, 1.82) is 0 Å². The second kappa shape index (κ2) is 47.1. The molecule has 0 aliphatic heterocycles. The summed E-state index contributed by atoms with van der Waals surface area (Å²) in [5, 5.41) is 0. The zero-order valence-corrected chi connectivity index (χ0v) is 38.3. The van der Waals surface area contributed by atoms with Crippen LogP contribution in [0.1, 0.15) is 245 Å². The molecule has 0 aromatic heterocycles. The van der Waals surface area contributed by atoms with Crippen LogP contribution in [0, 0.1) is 0 Å². The van der Waals surface area contributed by atoms with Crippen molar-refractivity contribution in [2.75, 3.05) is 13.2 Å². The van der Waals surface area contributed by atoms with Crippen molar-refractivity contribution >= 4 is 17.9 Å². The Bertz CT molecular complexity index is 1030. The van der Waals surface area contributed by atoms with E-state index in [1.807, 2.05) is 0 Å². The predicted octanol–water partition coefficient (Wildman–Crippen LogP) is 15.9. The summed E-state index contributed by atoms with van der Waals surface area (Å²) in [5.41, 5.74) is 0. The summed E-state index contributed by atoms with van der Waals surface area (Å²) in [4.78, 5) is 37.5. The quantitative estimate of drug-likeness (QED) is 0.0264. The minimum Gasteiger partial charge on any atom is -0.462 e. The van der Waals surface area contributed by atoms with E-state index in [0.717, 1.165) is 89.9 Å². The summed E-state index contributed by atoms with van der Waals surface area (Å²) < 4.78 is 16.6. The third kappa shape index (κ3) is 44.5. The van der Waals surface area contributed by atoms with Crippen LogP contribution in [0.2, 0.25) is 0 Å². The largest absolute Gasteiger partial charge is 0.462 e. The number of ether oxygens (including phenoxy) is 3. The van der Waals surface area contributed by atoms with Crippen molar-refractivity contribution in [3.05, 3.63) is 48.6 Å². The van der Waals surface area contributed by atoms with Crippen LogP contribution in [0.25, 0.3) is 0 Å². The molecule has 0 aromatic carbocycles. The van der Waals surface area contributed by atoms with Crippen LogP contribution in [0.3, 0.4) is 0 Å². The number of carbonyl (C=O) groups excluding carboxylic acids is 3. The van der Waals surface area contributed by atoms with Gasteiger partial charge >= 0.3 is 17.9 Å². The molecule has 0 aromatic rings. The summed E-state index contributed by atoms with van der Waals surface area (Å²) in [5.74, 6) is -0.885. The Kier molecular flexibility index (Phi) is 44.9. The predicted molar refractivity (Wildman–Crippen MR) is 247 cm³/mol. The minimum absolute atomic E-state index is 0.0718. The lowest BCUT2D eigenvalue weighted by molar-refractivity contribution is -0.167. The summed E-state index contributed by atoms with van der Waals surface area (Å²) in [7, 11) is 0. The Balaban J connectivity index is 4.03. The van der Waals surface area contributed by atoms with Gasteiger partial charge in [0, 0.05) is 19.3 Å². The number of esters is 3. The van der Waals surface area contributed by atoms with Gasteiger partial charge in [-0.2, -0.15) is 0 Å². The van der Waals surface area contributed by atoms with E-state index in [0.29, 0.717) is 19.3 Å². The topological polar surface area (TPSA) is 78.9 Å². The fourth-order valence-electron chi connectivity index (χ4n) is 6.90. The van der Waals surface area contributed by atoms with Gasteiger partial charge in [-0.05, 0) is 57.8 Å². The Morgan fingerprint density at radius 1 is 0.362 bits per heavy atom. The van der Waals surface area contributed by atoms with Crippen LogP contribution < -0.4 is 0 Å². The number of hydrogen-bond donors (Lipinski definition) is 0. The zero-order chi connectivity index (χ0) is 42.3. The maximum atomic E-state index is 12.6. The molecule has 1 unspecified atom stereocenters. The number of rotatable bonds is 44. The molecule has 0 N–H and O–H groups in total. The van der Waals surface area contributed by atoms with Gasteiger partial charge in [-0.1, -0.05) is 217 Å². The van der Waals surface area contributed by atoms with Gasteiger partial charge in [0.1, 0.15) is 13.2 Å². The molecule has 0 spiro atoms. The molecule has 6 nitrogen and oxygen atoms in total. The van der Waals surface area contributed by atoms with E-state index in [1.54, 1.807) is 0 Å². The van der Waals surface area contributed by atoms with Gasteiger partial charge in [-0.3, -0.25) is 14.4 Å². The SMILES string of the molecule is CC/C=C\C/C=C\C/C=C\C/C=C\CCCCCCCCCCCCCCC(=O)OCC(COC(=O)CCCCCCC)OC(=O)CCCCCCCCCCCC. The van der Waals surface area contributed by atoms with Crippen LogP contribution in [0.4, 0.5) is 0 Å². The molecule has 0 aliphatic carbocycles. The first-order valence-corrected chi connectivity index (χ1v) is 24.6. The summed E-state index contributed by atoms with van der Waals surface area (Å²) >= 11 is 0. The average molecular weight is 813 g/mol. The molecule has 1 atom stereocenters. The van der Waals surface area contributed by atoms with Gasteiger partial charge in [-0.15, -0.1) is 0 Å². The number of allylic oxidation sites excluding steroid dienone is 8. The molecule has 6 heteroatoms. The zero-order valence-electron chi connectivity index (χ0n) is 38.3. The number of carbonyl (C=O) groups is 3. The lowest BCUT2D eigenvalue weighted by Crippen LogP contribution is -2.30. The van der Waals surface area contributed by atoms with E-state index in [4.69, 9.17) is 14.2 Å². The highest BCUT2D eigenvalue weighted by atomic mass is 16.6. The van der Waals surface area contributed by atoms with E-state index in [-0.39, 0.29) is 31.1 Å². The molecule has 0 fully saturated rings. The minimum atomic E-state index is -0.764. The molecule has 0 aliphatic rings. The van der Waals surface area contributed by atoms with Crippen LogP contribution in [0.5, 0.6) is 0 Å². The van der Waals surface area contributed by atoms with Crippen molar-refractivity contribution in [2.45, 2.75) is 252 Å². The lowest BCUT2D eigenvalue weighted by Gasteiger charge is -2.18. The van der Waals surface area contributed by atoms with Crippen LogP contribution in [-0.4, -0.2) is 37.2 Å². The summed E-state index contributed by atoms with van der Waals surface area (Å²) in [6, 6.07) is 0. The molecule has 0 heterocycles. The molecule has 0 amide bonds. The molecule has 336 valence electrons. The third-order valence-electron chi connectivity index (χ3n) is 10.6. The second-order valence-electron chi connectivity index (χ2n) is 16.4. The number of unbranched alkanes of at least 4 members (excludes halogenated alkanes) is 25. The molecular formula is C52H92O6. The van der Waals surface area contributed by atoms with Gasteiger partial charge in [0.2, 0.25) is 0 Å². The first kappa shape index (κ1) is 55.4. The van der Waals surface area contributed by atoms with Crippen molar-refractivity contribution in [3.8, 4) is 0 Å². The fraction of sp³-hybridized carbons (Fsp3) is 0.788. The maximum absolute atomic E-state index is 12.6. The lowest BCUT2D eigenvalue weighted by atomic mass is 10.0. The normalized spacial score (nSPS) is 12.4. The molecule has 0 rings (SSSR count). The van der Waals surface area contributed by atoms with E-state index >= 15 is 0 Å². The molecule has 0 saturated carbocycles. The molecule has 58 heavy (non-hydrogen) atoms. The van der Waals surface area contributed by atoms with E-state index < -0.39 is 6.10 Å². The van der Waals surface area contributed by atoms with E-state index in [9.17, 15) is 14.4 Å². The molecule has 0 saturated heterocycles. The second-order valence-corrected chi connectivity index (χ2v) is 16.4. The fourth-order valence-corrected chi connectivity index (χ4v) is 6.90. The van der Waals surface area contributed by atoms with Crippen LogP contribution in [-0.2, 0) is 28.6 Å². The van der Waals surface area contributed by atoms with Gasteiger partial charge in [-0.25, -0.2) is 0 Å². The maximum Gasteiger partial charge on any atom is 0.306 e. The van der Waals surface area contributed by atoms with Crippen LogP contribution >= 0.6 is 0 Å². The average Bonchev–Trinajstić information content (AvgIpc) is 3.22. The first-order valence-electron chi connectivity index (χ1n) is 24.6. The molecular weight excluding hydrogens is 721 g/mol. The summed E-state index contributed by atoms with van der Waals surface area (Å²) in [6.45, 7) is 6.43. The molecule has 0 radical (unpaired) electrons. The summed E-state index contributed by atoms with van der Waals surface area (Å²) in [6.07, 6.45) is 55.7. The van der Waals surface area contributed by atoms with Gasteiger partial charge in [0.05, 0.1) is 0 Å². The smallest absolute Gasteiger partial charge is 0.306 e. The van der Waals surface area contributed by atoms with Crippen molar-refractivity contribution in [2.24, 2.45) is 0 Å². The number of hydrogen-bond acceptors (Lipinski definition) is 6. The Morgan fingerprint density at radius 3 is 1.05 bits per heavy atom. The Labute approximate surface area is 358 Å². The van der Waals surface area contributed by atoms with Crippen molar-refractivity contribution in [3.63, 3.8) is 0 Å². The van der Waals surface area contributed by atoms with E-state index in [2.05, 4.69) is 69.4 Å². The highest BCUT2D eigenvalue weighted by Gasteiger charge is 2.19. The molecule has 0 bridgehead atoms.